The van der Waals surface area contributed by atoms with Crippen molar-refractivity contribution in [1.82, 2.24) is 10.6 Å². The van der Waals surface area contributed by atoms with E-state index in [-0.39, 0.29) is 6.54 Å². The van der Waals surface area contributed by atoms with E-state index in [1.807, 2.05) is 43.3 Å². The van der Waals surface area contributed by atoms with E-state index in [1.165, 1.54) is 5.56 Å². The fourth-order valence-electron chi connectivity index (χ4n) is 2.58. The highest BCUT2D eigenvalue weighted by Crippen LogP contribution is 2.13. The average molecular weight is 369 g/mol. The predicted octanol–water partition coefficient (Wildman–Crippen LogP) is 2.13. The van der Waals surface area contributed by atoms with E-state index in [1.54, 1.807) is 7.11 Å². The van der Waals surface area contributed by atoms with E-state index >= 15 is 0 Å². The maximum absolute atomic E-state index is 11.9. The van der Waals surface area contributed by atoms with Crippen LogP contribution in [0.4, 0.5) is 5.69 Å². The molecule has 0 unspecified atom stereocenters. The summed E-state index contributed by atoms with van der Waals surface area (Å²) in [7, 11) is 5.59. The molecule has 0 fully saturated rings. The molecule has 2 aromatic carbocycles. The van der Waals surface area contributed by atoms with Gasteiger partial charge in [-0.2, -0.15) is 0 Å². The van der Waals surface area contributed by atoms with Crippen molar-refractivity contribution in [1.29, 1.82) is 0 Å². The molecule has 0 aromatic heterocycles. The molecule has 0 atom stereocenters. The lowest BCUT2D eigenvalue weighted by Crippen LogP contribution is -2.40. The Balaban J connectivity index is 1.67. The Morgan fingerprint density at radius 3 is 2.33 bits per heavy atom. The van der Waals surface area contributed by atoms with Gasteiger partial charge < -0.3 is 20.3 Å². The molecule has 2 rings (SSSR count). The first kappa shape index (κ1) is 20.3. The normalized spacial score (nSPS) is 10.2. The molecular formula is C21H27N3O3. The summed E-state index contributed by atoms with van der Waals surface area (Å²) in [5, 5.41) is 5.27. The zero-order valence-corrected chi connectivity index (χ0v) is 16.1. The molecule has 2 N–H and O–H groups in total. The van der Waals surface area contributed by atoms with Crippen LogP contribution in [0.3, 0.4) is 0 Å². The SMILES string of the molecule is COc1cccc(CNC(=O)C(=O)NCCCc2ccc(N(C)C)cc2)c1. The minimum Gasteiger partial charge on any atom is -0.497 e. The molecule has 2 amide bonds. The fraction of sp³-hybridized carbons (Fsp3) is 0.333. The van der Waals surface area contributed by atoms with Crippen LogP contribution < -0.4 is 20.3 Å². The van der Waals surface area contributed by atoms with Crippen molar-refractivity contribution in [3.8, 4) is 5.75 Å². The molecule has 0 aliphatic heterocycles. The van der Waals surface area contributed by atoms with Crippen molar-refractivity contribution in [3.63, 3.8) is 0 Å². The first-order chi connectivity index (χ1) is 13.0. The summed E-state index contributed by atoms with van der Waals surface area (Å²) in [5.74, 6) is -0.529. The standard InChI is InChI=1S/C21H27N3O3/c1-24(2)18-11-9-16(10-12-18)7-5-13-22-20(25)21(26)23-15-17-6-4-8-19(14-17)27-3/h4,6,8-12,14H,5,7,13,15H2,1-3H3,(H,22,25)(H,23,26). The lowest BCUT2D eigenvalue weighted by Gasteiger charge is -2.12. The van der Waals surface area contributed by atoms with Gasteiger partial charge in [0.25, 0.3) is 0 Å². The Labute approximate surface area is 160 Å². The third-order valence-electron chi connectivity index (χ3n) is 4.17. The van der Waals surface area contributed by atoms with Crippen LogP contribution >= 0.6 is 0 Å². The Bertz CT molecular complexity index is 758. The highest BCUT2D eigenvalue weighted by atomic mass is 16.5. The second-order valence-electron chi connectivity index (χ2n) is 6.45. The topological polar surface area (TPSA) is 70.7 Å². The number of hydrogen-bond acceptors (Lipinski definition) is 4. The zero-order chi connectivity index (χ0) is 19.6. The van der Waals surface area contributed by atoms with E-state index in [9.17, 15) is 9.59 Å². The smallest absolute Gasteiger partial charge is 0.309 e. The zero-order valence-electron chi connectivity index (χ0n) is 16.1. The predicted molar refractivity (Wildman–Crippen MR) is 107 cm³/mol. The highest BCUT2D eigenvalue weighted by Gasteiger charge is 2.12. The van der Waals surface area contributed by atoms with Gasteiger partial charge in [0.15, 0.2) is 0 Å². The number of nitrogens with zero attached hydrogens (tertiary/aromatic N) is 1. The van der Waals surface area contributed by atoms with Gasteiger partial charge in [-0.25, -0.2) is 0 Å². The number of carbonyl (C=O) groups is 2. The van der Waals surface area contributed by atoms with Gasteiger partial charge in [0.2, 0.25) is 0 Å². The first-order valence-electron chi connectivity index (χ1n) is 8.95. The van der Waals surface area contributed by atoms with E-state index in [2.05, 4.69) is 34.9 Å². The molecule has 0 bridgehead atoms. The number of carbonyl (C=O) groups excluding carboxylic acids is 2. The van der Waals surface area contributed by atoms with E-state index < -0.39 is 11.8 Å². The second-order valence-corrected chi connectivity index (χ2v) is 6.45. The monoisotopic (exact) mass is 369 g/mol. The Kier molecular flexibility index (Phi) is 7.67. The quantitative estimate of drug-likeness (QED) is 0.552. The Morgan fingerprint density at radius 2 is 1.67 bits per heavy atom. The fourth-order valence-corrected chi connectivity index (χ4v) is 2.58. The van der Waals surface area contributed by atoms with Gasteiger partial charge in [-0.05, 0) is 48.2 Å². The van der Waals surface area contributed by atoms with Gasteiger partial charge >= 0.3 is 11.8 Å². The number of benzene rings is 2. The number of anilines is 1. The molecule has 27 heavy (non-hydrogen) atoms. The molecule has 6 nitrogen and oxygen atoms in total. The molecule has 144 valence electrons. The molecule has 0 spiro atoms. The van der Waals surface area contributed by atoms with Gasteiger partial charge in [0.1, 0.15) is 5.75 Å². The lowest BCUT2D eigenvalue weighted by molar-refractivity contribution is -0.139. The second kappa shape index (κ2) is 10.2. The van der Waals surface area contributed by atoms with Crippen molar-refractivity contribution < 1.29 is 14.3 Å². The van der Waals surface area contributed by atoms with Crippen LogP contribution in [0.2, 0.25) is 0 Å². The van der Waals surface area contributed by atoms with Crippen LogP contribution in [0.25, 0.3) is 0 Å². The van der Waals surface area contributed by atoms with E-state index in [0.717, 1.165) is 24.1 Å². The van der Waals surface area contributed by atoms with Crippen LogP contribution in [0.5, 0.6) is 5.75 Å². The van der Waals surface area contributed by atoms with Crippen LogP contribution in [-0.4, -0.2) is 39.6 Å². The van der Waals surface area contributed by atoms with Gasteiger partial charge in [-0.3, -0.25) is 9.59 Å². The number of aryl methyl sites for hydroxylation is 1. The molecule has 6 heteroatoms. The van der Waals surface area contributed by atoms with Crippen LogP contribution in [0.1, 0.15) is 17.5 Å². The summed E-state index contributed by atoms with van der Waals surface area (Å²) in [5.41, 5.74) is 3.23. The van der Waals surface area contributed by atoms with Gasteiger partial charge in [-0.15, -0.1) is 0 Å². The summed E-state index contributed by atoms with van der Waals surface area (Å²) in [6.07, 6.45) is 1.62. The van der Waals surface area contributed by atoms with Gasteiger partial charge in [-0.1, -0.05) is 24.3 Å². The maximum atomic E-state index is 11.9. The Hall–Kier alpha value is -3.02. The summed E-state index contributed by atoms with van der Waals surface area (Å²) >= 11 is 0. The van der Waals surface area contributed by atoms with Gasteiger partial charge in [0, 0.05) is 32.9 Å². The van der Waals surface area contributed by atoms with Crippen molar-refractivity contribution in [2.45, 2.75) is 19.4 Å². The van der Waals surface area contributed by atoms with Gasteiger partial charge in [0.05, 0.1) is 7.11 Å². The maximum Gasteiger partial charge on any atom is 0.309 e. The summed E-state index contributed by atoms with van der Waals surface area (Å²) < 4.78 is 5.13. The number of methoxy groups -OCH3 is 1. The molecule has 0 saturated carbocycles. The molecule has 0 aliphatic rings. The molecule has 2 aromatic rings. The summed E-state index contributed by atoms with van der Waals surface area (Å²) in [6.45, 7) is 0.739. The average Bonchev–Trinajstić information content (AvgIpc) is 2.69. The number of rotatable bonds is 8. The van der Waals surface area contributed by atoms with Crippen LogP contribution in [-0.2, 0) is 22.6 Å². The largest absolute Gasteiger partial charge is 0.497 e. The Morgan fingerprint density at radius 1 is 0.963 bits per heavy atom. The summed E-state index contributed by atoms with van der Waals surface area (Å²) in [4.78, 5) is 25.8. The minimum absolute atomic E-state index is 0.279. The molecule has 0 saturated heterocycles. The third-order valence-corrected chi connectivity index (χ3v) is 4.17. The lowest BCUT2D eigenvalue weighted by atomic mass is 10.1. The van der Waals surface area contributed by atoms with E-state index in [4.69, 9.17) is 4.74 Å². The number of amides is 2. The van der Waals surface area contributed by atoms with Crippen molar-refractivity contribution >= 4 is 17.5 Å². The minimum atomic E-state index is -0.631. The third kappa shape index (κ3) is 6.66. The molecule has 0 heterocycles. The van der Waals surface area contributed by atoms with E-state index in [0.29, 0.717) is 12.3 Å². The van der Waals surface area contributed by atoms with Crippen LogP contribution in [0, 0.1) is 0 Å². The molecular weight excluding hydrogens is 342 g/mol. The number of nitrogens with one attached hydrogen (secondary N) is 2. The molecule has 0 aliphatic carbocycles. The summed E-state index contributed by atoms with van der Waals surface area (Å²) in [6, 6.07) is 15.6. The van der Waals surface area contributed by atoms with Crippen molar-refractivity contribution in [2.75, 3.05) is 32.6 Å². The van der Waals surface area contributed by atoms with Crippen molar-refractivity contribution in [2.24, 2.45) is 0 Å². The highest BCUT2D eigenvalue weighted by molar-refractivity contribution is 6.35. The number of hydrogen-bond donors (Lipinski definition) is 2. The van der Waals surface area contributed by atoms with Crippen LogP contribution in [0.15, 0.2) is 48.5 Å². The first-order valence-corrected chi connectivity index (χ1v) is 8.95. The number of ether oxygens (including phenoxy) is 1. The molecule has 0 radical (unpaired) electrons. The van der Waals surface area contributed by atoms with Crippen molar-refractivity contribution in [3.05, 3.63) is 59.7 Å².